The number of benzene rings is 3. The van der Waals surface area contributed by atoms with Gasteiger partial charge in [0.25, 0.3) is 11.8 Å². The summed E-state index contributed by atoms with van der Waals surface area (Å²) in [4.78, 5) is 29.4. The first kappa shape index (κ1) is 20.2. The van der Waals surface area contributed by atoms with Gasteiger partial charge in [-0.05, 0) is 54.3 Å². The van der Waals surface area contributed by atoms with Gasteiger partial charge < -0.3 is 14.5 Å². The Kier molecular flexibility index (Phi) is 5.35. The third-order valence-electron chi connectivity index (χ3n) is 6.11. The Morgan fingerprint density at radius 2 is 1.75 bits per heavy atom. The van der Waals surface area contributed by atoms with Crippen molar-refractivity contribution in [3.8, 4) is 5.75 Å². The van der Waals surface area contributed by atoms with Crippen LogP contribution in [0.4, 0.5) is 10.1 Å². The third kappa shape index (κ3) is 3.84. The van der Waals surface area contributed by atoms with Gasteiger partial charge in [-0.1, -0.05) is 36.4 Å². The molecule has 0 spiro atoms. The molecule has 0 N–H and O–H groups in total. The van der Waals surface area contributed by atoms with Gasteiger partial charge in [-0.3, -0.25) is 9.59 Å². The second-order valence-electron chi connectivity index (χ2n) is 8.10. The molecular formula is C26H23FN2O3. The molecule has 2 aliphatic heterocycles. The van der Waals surface area contributed by atoms with Crippen LogP contribution in [0.3, 0.4) is 0 Å². The molecule has 162 valence electrons. The van der Waals surface area contributed by atoms with Crippen LogP contribution in [0.15, 0.2) is 66.7 Å². The Bertz CT molecular complexity index is 1180. The van der Waals surface area contributed by atoms with Crippen LogP contribution in [-0.2, 0) is 24.2 Å². The molecule has 6 heteroatoms. The van der Waals surface area contributed by atoms with Crippen molar-refractivity contribution >= 4 is 17.5 Å². The molecule has 0 atom stereocenters. The van der Waals surface area contributed by atoms with E-state index in [1.807, 2.05) is 30.3 Å². The van der Waals surface area contributed by atoms with E-state index in [1.165, 1.54) is 17.7 Å². The number of ether oxygens (including phenoxy) is 1. The van der Waals surface area contributed by atoms with E-state index in [-0.39, 0.29) is 24.2 Å². The van der Waals surface area contributed by atoms with Crippen molar-refractivity contribution in [2.75, 3.05) is 24.6 Å². The molecule has 0 aromatic heterocycles. The molecule has 0 saturated carbocycles. The molecule has 0 aliphatic carbocycles. The molecule has 2 aliphatic rings. The van der Waals surface area contributed by atoms with Gasteiger partial charge in [0, 0.05) is 36.4 Å². The van der Waals surface area contributed by atoms with E-state index < -0.39 is 0 Å². The number of anilines is 1. The van der Waals surface area contributed by atoms with Crippen molar-refractivity contribution < 1.29 is 18.7 Å². The largest absolute Gasteiger partial charge is 0.483 e. The molecule has 0 bridgehead atoms. The van der Waals surface area contributed by atoms with Crippen LogP contribution < -0.4 is 9.64 Å². The first-order valence-corrected chi connectivity index (χ1v) is 10.8. The number of amides is 2. The summed E-state index contributed by atoms with van der Waals surface area (Å²) >= 11 is 0. The van der Waals surface area contributed by atoms with Crippen molar-refractivity contribution in [3.63, 3.8) is 0 Å². The quantitative estimate of drug-likeness (QED) is 0.615. The van der Waals surface area contributed by atoms with E-state index in [0.717, 1.165) is 23.2 Å². The molecule has 2 heterocycles. The summed E-state index contributed by atoms with van der Waals surface area (Å²) in [5, 5.41) is 0. The summed E-state index contributed by atoms with van der Waals surface area (Å²) < 4.78 is 19.1. The first-order chi connectivity index (χ1) is 15.6. The number of halogens is 1. The highest BCUT2D eigenvalue weighted by Crippen LogP contribution is 2.30. The summed E-state index contributed by atoms with van der Waals surface area (Å²) in [6.45, 7) is 1.55. The van der Waals surface area contributed by atoms with Crippen molar-refractivity contribution in [1.29, 1.82) is 0 Å². The van der Waals surface area contributed by atoms with Crippen LogP contribution in [0.2, 0.25) is 0 Å². The fraction of sp³-hybridized carbons (Fsp3) is 0.231. The molecule has 5 nitrogen and oxygen atoms in total. The first-order valence-electron chi connectivity index (χ1n) is 10.8. The summed E-state index contributed by atoms with van der Waals surface area (Å²) in [6.07, 6.45) is 1.49. The van der Waals surface area contributed by atoms with Gasteiger partial charge in [0.2, 0.25) is 0 Å². The lowest BCUT2D eigenvalue weighted by Gasteiger charge is -2.30. The minimum atomic E-state index is -0.294. The summed E-state index contributed by atoms with van der Waals surface area (Å²) in [7, 11) is 0. The highest BCUT2D eigenvalue weighted by molar-refractivity contribution is 5.98. The predicted molar refractivity (Wildman–Crippen MR) is 119 cm³/mol. The van der Waals surface area contributed by atoms with Crippen LogP contribution in [0, 0.1) is 5.82 Å². The number of hydrogen-bond donors (Lipinski definition) is 0. The van der Waals surface area contributed by atoms with Crippen molar-refractivity contribution in [2.24, 2.45) is 0 Å². The van der Waals surface area contributed by atoms with E-state index in [2.05, 4.69) is 0 Å². The van der Waals surface area contributed by atoms with Crippen LogP contribution in [0.5, 0.6) is 5.75 Å². The van der Waals surface area contributed by atoms with E-state index in [0.29, 0.717) is 37.4 Å². The SMILES string of the molecule is O=C1c2cccc(OCC(=O)N3CCc4ccccc43)c2CCN1Cc1ccc(F)cc1. The molecule has 0 fully saturated rings. The molecule has 3 aromatic rings. The van der Waals surface area contributed by atoms with Crippen LogP contribution in [-0.4, -0.2) is 36.4 Å². The molecule has 3 aromatic carbocycles. The minimum absolute atomic E-state index is 0.0712. The predicted octanol–water partition coefficient (Wildman–Crippen LogP) is 3.99. The molecule has 5 rings (SSSR count). The number of rotatable bonds is 5. The van der Waals surface area contributed by atoms with Crippen LogP contribution in [0.25, 0.3) is 0 Å². The molecule has 0 unspecified atom stereocenters. The summed E-state index contributed by atoms with van der Waals surface area (Å²) in [6, 6.07) is 19.5. The normalized spacial score (nSPS) is 14.8. The van der Waals surface area contributed by atoms with E-state index >= 15 is 0 Å². The van der Waals surface area contributed by atoms with Gasteiger partial charge in [0.15, 0.2) is 6.61 Å². The monoisotopic (exact) mass is 430 g/mol. The third-order valence-corrected chi connectivity index (χ3v) is 6.11. The van der Waals surface area contributed by atoms with Gasteiger partial charge in [0.1, 0.15) is 11.6 Å². The standard InChI is InChI=1S/C26H23FN2O3/c27-20-10-8-18(9-11-20)16-28-14-13-21-22(26(28)31)5-3-7-24(21)32-17-25(30)29-15-12-19-4-1-2-6-23(19)29/h1-11H,12-17H2. The Morgan fingerprint density at radius 1 is 0.938 bits per heavy atom. The number of fused-ring (bicyclic) bond motifs is 2. The number of nitrogens with zero attached hydrogens (tertiary/aromatic N) is 2. The van der Waals surface area contributed by atoms with E-state index in [1.54, 1.807) is 34.1 Å². The van der Waals surface area contributed by atoms with Crippen molar-refractivity contribution in [3.05, 3.63) is 94.8 Å². The number of para-hydroxylation sites is 1. The van der Waals surface area contributed by atoms with E-state index in [9.17, 15) is 14.0 Å². The number of carbonyl (C=O) groups is 2. The molecule has 0 radical (unpaired) electrons. The van der Waals surface area contributed by atoms with Gasteiger partial charge in [-0.15, -0.1) is 0 Å². The maximum atomic E-state index is 13.2. The zero-order valence-electron chi connectivity index (χ0n) is 17.6. The Morgan fingerprint density at radius 3 is 2.59 bits per heavy atom. The number of carbonyl (C=O) groups excluding carboxylic acids is 2. The fourth-order valence-electron chi connectivity index (χ4n) is 4.45. The average Bonchev–Trinajstić information content (AvgIpc) is 3.25. The lowest BCUT2D eigenvalue weighted by molar-refractivity contribution is -0.120. The average molecular weight is 430 g/mol. The molecule has 0 saturated heterocycles. The second-order valence-corrected chi connectivity index (χ2v) is 8.10. The minimum Gasteiger partial charge on any atom is -0.483 e. The second kappa shape index (κ2) is 8.46. The summed E-state index contributed by atoms with van der Waals surface area (Å²) in [5.74, 6) is 0.115. The maximum absolute atomic E-state index is 13.2. The highest BCUT2D eigenvalue weighted by Gasteiger charge is 2.28. The maximum Gasteiger partial charge on any atom is 0.264 e. The number of hydrogen-bond acceptors (Lipinski definition) is 3. The van der Waals surface area contributed by atoms with Gasteiger partial charge in [-0.25, -0.2) is 4.39 Å². The van der Waals surface area contributed by atoms with E-state index in [4.69, 9.17) is 4.74 Å². The van der Waals surface area contributed by atoms with Crippen LogP contribution in [0.1, 0.15) is 27.0 Å². The molecule has 2 amide bonds. The Hall–Kier alpha value is -3.67. The Balaban J connectivity index is 1.28. The highest BCUT2D eigenvalue weighted by atomic mass is 19.1. The van der Waals surface area contributed by atoms with Crippen LogP contribution >= 0.6 is 0 Å². The fourth-order valence-corrected chi connectivity index (χ4v) is 4.45. The summed E-state index contributed by atoms with van der Waals surface area (Å²) in [5.41, 5.74) is 4.43. The molecule has 32 heavy (non-hydrogen) atoms. The topological polar surface area (TPSA) is 49.9 Å². The van der Waals surface area contributed by atoms with Gasteiger partial charge in [-0.2, -0.15) is 0 Å². The van der Waals surface area contributed by atoms with Crippen molar-refractivity contribution in [1.82, 2.24) is 4.90 Å². The van der Waals surface area contributed by atoms with Crippen molar-refractivity contribution in [2.45, 2.75) is 19.4 Å². The zero-order valence-corrected chi connectivity index (χ0v) is 17.6. The molecular weight excluding hydrogens is 407 g/mol. The zero-order chi connectivity index (χ0) is 22.1. The smallest absolute Gasteiger partial charge is 0.264 e. The Labute approximate surface area is 186 Å². The lowest BCUT2D eigenvalue weighted by atomic mass is 9.97. The lowest BCUT2D eigenvalue weighted by Crippen LogP contribution is -2.37. The van der Waals surface area contributed by atoms with Gasteiger partial charge >= 0.3 is 0 Å². The van der Waals surface area contributed by atoms with Gasteiger partial charge in [0.05, 0.1) is 0 Å².